The van der Waals surface area contributed by atoms with Crippen LogP contribution in [0.5, 0.6) is 5.75 Å². The summed E-state index contributed by atoms with van der Waals surface area (Å²) in [4.78, 5) is 8.94. The molecule has 1 heterocycles. The van der Waals surface area contributed by atoms with E-state index in [9.17, 15) is 0 Å². The second-order valence-corrected chi connectivity index (χ2v) is 7.04. The number of nitrogens with zero attached hydrogens (tertiary/aromatic N) is 3. The second kappa shape index (κ2) is 13.7. The molecule has 0 aliphatic heterocycles. The molecule has 0 bridgehead atoms. The normalized spacial score (nSPS) is 11.0. The van der Waals surface area contributed by atoms with Gasteiger partial charge in [0.05, 0.1) is 13.2 Å². The lowest BCUT2D eigenvalue weighted by Crippen LogP contribution is -2.36. The zero-order chi connectivity index (χ0) is 21.9. The van der Waals surface area contributed by atoms with Crippen molar-refractivity contribution in [3.8, 4) is 17.1 Å². The molecule has 32 heavy (non-hydrogen) atoms. The number of guanidine groups is 1. The molecular formula is C23H31IN6O2. The first-order valence-electron chi connectivity index (χ1n) is 10.4. The molecule has 3 aromatic rings. The quantitative estimate of drug-likeness (QED) is 0.154. The van der Waals surface area contributed by atoms with Gasteiger partial charge in [-0.15, -0.1) is 24.0 Å². The van der Waals surface area contributed by atoms with Crippen molar-refractivity contribution in [3.05, 3.63) is 65.5 Å². The first-order valence-corrected chi connectivity index (χ1v) is 10.4. The van der Waals surface area contributed by atoms with Gasteiger partial charge in [-0.3, -0.25) is 5.10 Å². The van der Waals surface area contributed by atoms with Crippen molar-refractivity contribution >= 4 is 29.9 Å². The highest BCUT2D eigenvalue weighted by Crippen LogP contribution is 2.20. The number of aryl methyl sites for hydroxylation is 1. The Balaban J connectivity index is 0.00000363. The van der Waals surface area contributed by atoms with Crippen molar-refractivity contribution in [2.75, 3.05) is 26.9 Å². The molecule has 0 aliphatic rings. The monoisotopic (exact) mass is 550 g/mol. The van der Waals surface area contributed by atoms with Gasteiger partial charge >= 0.3 is 0 Å². The fourth-order valence-electron chi connectivity index (χ4n) is 3.03. The Morgan fingerprint density at radius 1 is 1.12 bits per heavy atom. The van der Waals surface area contributed by atoms with Crippen molar-refractivity contribution in [1.29, 1.82) is 0 Å². The third kappa shape index (κ3) is 7.79. The number of hydrogen-bond acceptors (Lipinski definition) is 5. The maximum absolute atomic E-state index is 5.89. The fraction of sp³-hybridized carbons (Fsp3) is 0.348. The topological polar surface area (TPSA) is 96.5 Å². The van der Waals surface area contributed by atoms with Gasteiger partial charge in [0.1, 0.15) is 18.7 Å². The number of methoxy groups -OCH3 is 1. The van der Waals surface area contributed by atoms with Gasteiger partial charge in [-0.05, 0) is 37.1 Å². The van der Waals surface area contributed by atoms with Gasteiger partial charge in [-0.1, -0.05) is 30.3 Å². The first kappa shape index (κ1) is 25.6. The zero-order valence-corrected chi connectivity index (χ0v) is 21.1. The van der Waals surface area contributed by atoms with E-state index in [0.29, 0.717) is 26.3 Å². The molecule has 9 heteroatoms. The Morgan fingerprint density at radius 3 is 2.75 bits per heavy atom. The summed E-state index contributed by atoms with van der Waals surface area (Å²) < 4.78 is 11.0. The van der Waals surface area contributed by atoms with Gasteiger partial charge in [-0.25, -0.2) is 9.98 Å². The first-order chi connectivity index (χ1) is 15.2. The second-order valence-electron chi connectivity index (χ2n) is 7.04. The number of H-pyrrole nitrogens is 1. The van der Waals surface area contributed by atoms with E-state index in [4.69, 9.17) is 14.5 Å². The van der Waals surface area contributed by atoms with E-state index in [-0.39, 0.29) is 24.0 Å². The molecule has 0 spiro atoms. The smallest absolute Gasteiger partial charge is 0.191 e. The minimum Gasteiger partial charge on any atom is -0.491 e. The molecule has 8 nitrogen and oxygen atoms in total. The van der Waals surface area contributed by atoms with Crippen molar-refractivity contribution in [3.63, 3.8) is 0 Å². The van der Waals surface area contributed by atoms with Crippen LogP contribution < -0.4 is 15.4 Å². The molecule has 0 fully saturated rings. The minimum absolute atomic E-state index is 0. The Labute approximate surface area is 206 Å². The largest absolute Gasteiger partial charge is 0.491 e. The Morgan fingerprint density at radius 2 is 2.00 bits per heavy atom. The molecule has 2 aromatic carbocycles. The van der Waals surface area contributed by atoms with Gasteiger partial charge < -0.3 is 20.1 Å². The summed E-state index contributed by atoms with van der Waals surface area (Å²) in [6.45, 7) is 7.09. The number of nitrogens with one attached hydrogen (secondary N) is 3. The molecule has 0 atom stereocenters. The van der Waals surface area contributed by atoms with E-state index < -0.39 is 0 Å². The van der Waals surface area contributed by atoms with Crippen LogP contribution in [0.2, 0.25) is 0 Å². The highest BCUT2D eigenvalue weighted by Gasteiger charge is 2.07. The van der Waals surface area contributed by atoms with Crippen molar-refractivity contribution < 1.29 is 9.47 Å². The molecule has 0 saturated heterocycles. The number of aromatic nitrogens is 3. The molecule has 0 radical (unpaired) electrons. The summed E-state index contributed by atoms with van der Waals surface area (Å²) in [5.74, 6) is 2.35. The van der Waals surface area contributed by atoms with Gasteiger partial charge in [-0.2, -0.15) is 5.10 Å². The van der Waals surface area contributed by atoms with E-state index in [1.807, 2.05) is 25.1 Å². The molecule has 3 N–H and O–H groups in total. The van der Waals surface area contributed by atoms with Gasteiger partial charge in [0.15, 0.2) is 11.8 Å². The van der Waals surface area contributed by atoms with E-state index in [1.54, 1.807) is 7.11 Å². The summed E-state index contributed by atoms with van der Waals surface area (Å²) >= 11 is 0. The maximum Gasteiger partial charge on any atom is 0.191 e. The lowest BCUT2D eigenvalue weighted by atomic mass is 10.1. The highest BCUT2D eigenvalue weighted by atomic mass is 127. The van der Waals surface area contributed by atoms with E-state index in [2.05, 4.69) is 57.0 Å². The van der Waals surface area contributed by atoms with Crippen molar-refractivity contribution in [2.45, 2.75) is 26.9 Å². The maximum atomic E-state index is 5.89. The summed E-state index contributed by atoms with van der Waals surface area (Å²) in [6.07, 6.45) is 1.51. The van der Waals surface area contributed by atoms with Crippen molar-refractivity contribution in [1.82, 2.24) is 25.8 Å². The van der Waals surface area contributed by atoms with Crippen LogP contribution in [0.25, 0.3) is 11.4 Å². The summed E-state index contributed by atoms with van der Waals surface area (Å²) in [5.41, 5.74) is 4.30. The van der Waals surface area contributed by atoms with E-state index in [1.165, 1.54) is 6.33 Å². The van der Waals surface area contributed by atoms with Gasteiger partial charge in [0.2, 0.25) is 0 Å². The molecule has 0 unspecified atom stereocenters. The number of ether oxygens (including phenoxy) is 2. The lowest BCUT2D eigenvalue weighted by molar-refractivity contribution is 0.145. The number of aromatic amines is 1. The van der Waals surface area contributed by atoms with E-state index in [0.717, 1.165) is 46.3 Å². The molecule has 0 amide bonds. The van der Waals surface area contributed by atoms with Crippen LogP contribution >= 0.6 is 24.0 Å². The standard InChI is InChI=1S/C23H30N6O2.HI/c1-4-24-23(25-14-18-6-5-7-19(13-18)22-27-16-28-29-22)26-15-20-9-8-17(2)12-21(20)31-11-10-30-3;/h5-9,12-13,16H,4,10-11,14-15H2,1-3H3,(H2,24,25,26)(H,27,28,29);1H. The number of hydrogen-bond donors (Lipinski definition) is 3. The van der Waals surface area contributed by atoms with Crippen LogP contribution in [0.15, 0.2) is 53.8 Å². The predicted octanol–water partition coefficient (Wildman–Crippen LogP) is 3.68. The Kier molecular flexibility index (Phi) is 10.9. The van der Waals surface area contributed by atoms with Gasteiger partial charge in [0.25, 0.3) is 0 Å². The van der Waals surface area contributed by atoms with E-state index >= 15 is 0 Å². The zero-order valence-electron chi connectivity index (χ0n) is 18.7. The predicted molar refractivity (Wildman–Crippen MR) is 137 cm³/mol. The molecule has 1 aromatic heterocycles. The van der Waals surface area contributed by atoms with Crippen molar-refractivity contribution in [2.24, 2.45) is 4.99 Å². The number of aliphatic imine (C=N–C) groups is 1. The van der Waals surface area contributed by atoms with Crippen LogP contribution in [-0.4, -0.2) is 48.0 Å². The van der Waals surface area contributed by atoms with Gasteiger partial charge in [0, 0.05) is 31.3 Å². The SMILES string of the molecule is CCNC(=NCc1cccc(-c2ncn[nH]2)c1)NCc1ccc(C)cc1OCCOC.I. The lowest BCUT2D eigenvalue weighted by Gasteiger charge is -2.15. The average Bonchev–Trinajstić information content (AvgIpc) is 3.32. The molecule has 3 rings (SSSR count). The molecule has 172 valence electrons. The van der Waals surface area contributed by atoms with Crippen LogP contribution in [0.4, 0.5) is 0 Å². The third-order valence-electron chi connectivity index (χ3n) is 4.59. The number of benzene rings is 2. The van der Waals surface area contributed by atoms with Crippen LogP contribution in [-0.2, 0) is 17.8 Å². The van der Waals surface area contributed by atoms with Crippen LogP contribution in [0.3, 0.4) is 0 Å². The molecular weight excluding hydrogens is 519 g/mol. The third-order valence-corrected chi connectivity index (χ3v) is 4.59. The number of halogens is 1. The van der Waals surface area contributed by atoms with Crippen LogP contribution in [0.1, 0.15) is 23.6 Å². The molecule has 0 saturated carbocycles. The average molecular weight is 550 g/mol. The molecule has 0 aliphatic carbocycles. The fourth-order valence-corrected chi connectivity index (χ4v) is 3.03. The summed E-state index contributed by atoms with van der Waals surface area (Å²) in [5, 5.41) is 13.5. The van der Waals surface area contributed by atoms with Crippen LogP contribution in [0, 0.1) is 6.92 Å². The minimum atomic E-state index is 0. The summed E-state index contributed by atoms with van der Waals surface area (Å²) in [7, 11) is 1.67. The Hall–Kier alpha value is -2.66. The summed E-state index contributed by atoms with van der Waals surface area (Å²) in [6, 6.07) is 14.3. The Bertz CT molecular complexity index is 978. The highest BCUT2D eigenvalue weighted by molar-refractivity contribution is 14.0. The number of rotatable bonds is 10.